The second-order valence-corrected chi connectivity index (χ2v) is 11.8. The Morgan fingerprint density at radius 1 is 1.11 bits per heavy atom. The highest BCUT2D eigenvalue weighted by molar-refractivity contribution is 6.31. The summed E-state index contributed by atoms with van der Waals surface area (Å²) in [5, 5.41) is 50.7. The van der Waals surface area contributed by atoms with Crippen molar-refractivity contribution in [3.05, 3.63) is 51.6 Å². The van der Waals surface area contributed by atoms with Gasteiger partial charge in [0.25, 0.3) is 0 Å². The number of rotatable bonds is 8. The number of ketones is 3. The molecule has 1 heterocycles. The molecule has 5 rings (SSSR count). The van der Waals surface area contributed by atoms with Crippen LogP contribution in [0.4, 0.5) is 4.79 Å². The summed E-state index contributed by atoms with van der Waals surface area (Å²) in [7, 11) is 1.33. The van der Waals surface area contributed by atoms with Gasteiger partial charge in [-0.05, 0) is 26.3 Å². The van der Waals surface area contributed by atoms with E-state index in [9.17, 15) is 39.6 Å². The molecule has 1 saturated heterocycles. The normalized spacial score (nSPS) is 27.2. The molecule has 1 aliphatic heterocycles. The second kappa shape index (κ2) is 12.4. The van der Waals surface area contributed by atoms with E-state index in [4.69, 9.17) is 14.2 Å². The molecule has 2 aromatic rings. The topological polar surface area (TPSA) is 201 Å². The highest BCUT2D eigenvalue weighted by atomic mass is 16.7. The summed E-state index contributed by atoms with van der Waals surface area (Å²) in [6.07, 6.45) is -3.55. The van der Waals surface area contributed by atoms with Gasteiger partial charge >= 0.3 is 6.03 Å². The Morgan fingerprint density at radius 3 is 2.49 bits per heavy atom. The van der Waals surface area contributed by atoms with Gasteiger partial charge in [0, 0.05) is 42.5 Å². The van der Waals surface area contributed by atoms with Gasteiger partial charge in [0.05, 0.1) is 42.0 Å². The minimum absolute atomic E-state index is 0.0348. The zero-order chi connectivity index (χ0) is 32.8. The average molecular weight is 627 g/mol. The van der Waals surface area contributed by atoms with Crippen LogP contribution < -0.4 is 15.4 Å². The Hall–Kier alpha value is -4.04. The van der Waals surface area contributed by atoms with Crippen LogP contribution >= 0.6 is 0 Å². The first-order valence-electron chi connectivity index (χ1n) is 15.0. The van der Waals surface area contributed by atoms with Crippen molar-refractivity contribution in [2.75, 3.05) is 13.7 Å². The Labute approximate surface area is 259 Å². The zero-order valence-electron chi connectivity index (χ0n) is 25.5. The smallest absolute Gasteiger partial charge is 0.315 e. The van der Waals surface area contributed by atoms with Gasteiger partial charge in [-0.25, -0.2) is 4.79 Å². The van der Waals surface area contributed by atoms with Crippen molar-refractivity contribution in [1.29, 1.82) is 0 Å². The molecule has 2 aromatic carbocycles. The molecule has 242 valence electrons. The lowest BCUT2D eigenvalue weighted by molar-refractivity contribution is -0.248. The molecule has 6 N–H and O–H groups in total. The molecule has 0 radical (unpaired) electrons. The van der Waals surface area contributed by atoms with Gasteiger partial charge < -0.3 is 45.3 Å². The first-order valence-corrected chi connectivity index (χ1v) is 15.0. The van der Waals surface area contributed by atoms with Crippen LogP contribution in [0.3, 0.4) is 0 Å². The van der Waals surface area contributed by atoms with Crippen LogP contribution in [0.5, 0.6) is 17.2 Å². The van der Waals surface area contributed by atoms with E-state index in [1.165, 1.54) is 32.2 Å². The summed E-state index contributed by atoms with van der Waals surface area (Å²) < 4.78 is 17.4. The highest BCUT2D eigenvalue weighted by Crippen LogP contribution is 2.52. The van der Waals surface area contributed by atoms with Crippen LogP contribution in [-0.4, -0.2) is 87.6 Å². The van der Waals surface area contributed by atoms with E-state index in [1.54, 1.807) is 6.92 Å². The number of aliphatic hydroxyl groups is 2. The lowest BCUT2D eigenvalue weighted by Crippen LogP contribution is -2.57. The molecule has 2 amide bonds. The third-order valence-electron chi connectivity index (χ3n) is 8.89. The number of fused-ring (bicyclic) bond motifs is 3. The van der Waals surface area contributed by atoms with Crippen molar-refractivity contribution in [2.45, 2.75) is 89.1 Å². The van der Waals surface area contributed by atoms with E-state index in [1.807, 2.05) is 6.92 Å². The second-order valence-electron chi connectivity index (χ2n) is 11.8. The first-order chi connectivity index (χ1) is 21.3. The number of unbranched alkanes of at least 4 members (excludes halogenated alkanes) is 1. The summed E-state index contributed by atoms with van der Waals surface area (Å²) in [6.45, 7) is 5.18. The fourth-order valence-corrected chi connectivity index (χ4v) is 6.37. The molecule has 3 aliphatic rings. The number of aliphatic hydroxyl groups excluding tert-OH is 1. The molecular formula is C32H38N2O11. The van der Waals surface area contributed by atoms with Crippen LogP contribution in [0.25, 0.3) is 0 Å². The standard InChI is InChI=1S/C32H38N2O11/c1-5-6-10-33-31(41)34-18-11-21(44-14(2)26(18)36)45-20-13-32(42,15(3)35)12-17-23(20)30(40)25-24(28(17)38)27(37)16-8-7-9-19(43-4)22(16)29(25)39/h7-9,14,18,20-21,26,36,38,40,42H,5-6,10-13H2,1-4H3,(H2,33,34,41). The molecule has 13 nitrogen and oxygen atoms in total. The minimum atomic E-state index is -2.06. The summed E-state index contributed by atoms with van der Waals surface area (Å²) in [5.74, 6) is -3.35. The van der Waals surface area contributed by atoms with Gasteiger partial charge in [-0.3, -0.25) is 14.4 Å². The highest BCUT2D eigenvalue weighted by Gasteiger charge is 2.49. The average Bonchev–Trinajstić information content (AvgIpc) is 2.99. The predicted molar refractivity (Wildman–Crippen MR) is 158 cm³/mol. The number of hydrogen-bond acceptors (Lipinski definition) is 11. The van der Waals surface area contributed by atoms with Crippen molar-refractivity contribution in [3.63, 3.8) is 0 Å². The number of amides is 2. The van der Waals surface area contributed by atoms with E-state index >= 15 is 0 Å². The van der Waals surface area contributed by atoms with Gasteiger partial charge in [0.2, 0.25) is 5.78 Å². The van der Waals surface area contributed by atoms with Crippen molar-refractivity contribution in [1.82, 2.24) is 10.6 Å². The Bertz CT molecular complexity index is 1560. The molecule has 6 atom stereocenters. The Kier molecular flexibility index (Phi) is 8.91. The number of phenolic OH excluding ortho intramolecular Hbond substituents is 2. The predicted octanol–water partition coefficient (Wildman–Crippen LogP) is 2.17. The first kappa shape index (κ1) is 32.4. The number of phenols is 2. The van der Waals surface area contributed by atoms with Crippen molar-refractivity contribution >= 4 is 23.4 Å². The van der Waals surface area contributed by atoms with Crippen molar-refractivity contribution in [3.8, 4) is 17.2 Å². The lowest BCUT2D eigenvalue weighted by Gasteiger charge is -2.42. The summed E-state index contributed by atoms with van der Waals surface area (Å²) >= 11 is 0. The summed E-state index contributed by atoms with van der Waals surface area (Å²) in [5.41, 5.74) is -3.28. The molecule has 45 heavy (non-hydrogen) atoms. The molecule has 13 heteroatoms. The molecule has 0 bridgehead atoms. The molecule has 6 unspecified atom stereocenters. The third-order valence-corrected chi connectivity index (χ3v) is 8.89. The van der Waals surface area contributed by atoms with Crippen LogP contribution in [0.2, 0.25) is 0 Å². The number of carbonyl (C=O) groups is 4. The van der Waals surface area contributed by atoms with Crippen LogP contribution in [0, 0.1) is 0 Å². The SMILES string of the molecule is CCCCNC(=O)NC1CC(OC2CC(O)(C(C)=O)Cc3c(O)c4c(c(O)c32)C(=O)c2c(OC)cccc2C4=O)OC(C)C1O. The Balaban J connectivity index is 1.54. The fraction of sp³-hybridized carbons (Fsp3) is 0.500. The van der Waals surface area contributed by atoms with E-state index in [2.05, 4.69) is 10.6 Å². The number of Topliss-reactive ketones (excluding diaryl/α,β-unsaturated/α-hetero) is 1. The van der Waals surface area contributed by atoms with E-state index in [0.29, 0.717) is 6.54 Å². The number of hydrogen-bond donors (Lipinski definition) is 6. The summed E-state index contributed by atoms with van der Waals surface area (Å²) in [6, 6.07) is 3.12. The number of aromatic hydroxyl groups is 2. The molecule has 2 aliphatic carbocycles. The monoisotopic (exact) mass is 626 g/mol. The minimum Gasteiger partial charge on any atom is -0.507 e. The van der Waals surface area contributed by atoms with Crippen LogP contribution in [-0.2, 0) is 20.7 Å². The quantitative estimate of drug-likeness (QED) is 0.158. The molecule has 0 spiro atoms. The maximum Gasteiger partial charge on any atom is 0.315 e. The largest absolute Gasteiger partial charge is 0.507 e. The van der Waals surface area contributed by atoms with Crippen LogP contribution in [0.15, 0.2) is 18.2 Å². The lowest BCUT2D eigenvalue weighted by atomic mass is 9.72. The molecule has 1 fully saturated rings. The van der Waals surface area contributed by atoms with E-state index < -0.39 is 88.7 Å². The number of nitrogens with one attached hydrogen (secondary N) is 2. The molecule has 0 aromatic heterocycles. The number of methoxy groups -OCH3 is 1. The molecular weight excluding hydrogens is 588 g/mol. The summed E-state index contributed by atoms with van der Waals surface area (Å²) in [4.78, 5) is 52.6. The van der Waals surface area contributed by atoms with Crippen molar-refractivity contribution in [2.24, 2.45) is 0 Å². The maximum atomic E-state index is 13.8. The number of benzene rings is 2. The van der Waals surface area contributed by atoms with Gasteiger partial charge in [-0.2, -0.15) is 0 Å². The Morgan fingerprint density at radius 2 is 1.82 bits per heavy atom. The van der Waals surface area contributed by atoms with E-state index in [-0.39, 0.29) is 40.8 Å². The zero-order valence-corrected chi connectivity index (χ0v) is 25.5. The maximum absolute atomic E-state index is 13.8. The van der Waals surface area contributed by atoms with Gasteiger partial charge in [0.1, 0.15) is 29.0 Å². The van der Waals surface area contributed by atoms with Gasteiger partial charge in [0.15, 0.2) is 17.9 Å². The van der Waals surface area contributed by atoms with E-state index in [0.717, 1.165) is 12.8 Å². The van der Waals surface area contributed by atoms with Gasteiger partial charge in [-0.15, -0.1) is 0 Å². The van der Waals surface area contributed by atoms with Crippen molar-refractivity contribution < 1.29 is 53.8 Å². The number of ether oxygens (including phenoxy) is 3. The third kappa shape index (κ3) is 5.65. The fourth-order valence-electron chi connectivity index (χ4n) is 6.37. The molecule has 0 saturated carbocycles. The number of carbonyl (C=O) groups excluding carboxylic acids is 4. The van der Waals surface area contributed by atoms with Crippen LogP contribution in [0.1, 0.15) is 95.5 Å². The number of urea groups is 1. The van der Waals surface area contributed by atoms with Gasteiger partial charge in [-0.1, -0.05) is 25.5 Å².